The molecule has 128 valence electrons. The van der Waals surface area contributed by atoms with Crippen LogP contribution in [0.15, 0.2) is 24.3 Å². The number of carboxylic acid groups (broad SMARTS) is 1. The third-order valence-electron chi connectivity index (χ3n) is 2.74. The summed E-state index contributed by atoms with van der Waals surface area (Å²) in [5.74, 6) is -3.18. The van der Waals surface area contributed by atoms with Gasteiger partial charge in [-0.05, 0) is 11.6 Å². The molecule has 1 unspecified atom stereocenters. The molecule has 0 saturated heterocycles. The second-order valence-corrected chi connectivity index (χ2v) is 4.61. The van der Waals surface area contributed by atoms with E-state index < -0.39 is 54.2 Å². The molecule has 0 aliphatic heterocycles. The van der Waals surface area contributed by atoms with Crippen molar-refractivity contribution in [2.75, 3.05) is 0 Å². The predicted molar refractivity (Wildman–Crippen MR) is 65.4 cm³/mol. The van der Waals surface area contributed by atoms with Gasteiger partial charge in [0.2, 0.25) is 5.91 Å². The van der Waals surface area contributed by atoms with Gasteiger partial charge in [-0.25, -0.2) is 4.79 Å². The topological polar surface area (TPSA) is 66.4 Å². The van der Waals surface area contributed by atoms with Gasteiger partial charge < -0.3 is 10.4 Å². The van der Waals surface area contributed by atoms with Crippen molar-refractivity contribution in [2.24, 2.45) is 0 Å². The number of alkyl halides is 6. The van der Waals surface area contributed by atoms with Gasteiger partial charge in [-0.1, -0.05) is 18.2 Å². The molecule has 0 spiro atoms. The van der Waals surface area contributed by atoms with E-state index in [2.05, 4.69) is 0 Å². The fourth-order valence-electron chi connectivity index (χ4n) is 1.80. The molecule has 0 aromatic heterocycles. The molecule has 1 amide bonds. The van der Waals surface area contributed by atoms with Crippen LogP contribution in [0.4, 0.5) is 26.3 Å². The van der Waals surface area contributed by atoms with Gasteiger partial charge in [0.05, 0.1) is 18.4 Å². The summed E-state index contributed by atoms with van der Waals surface area (Å²) in [6.45, 7) is 0. The van der Waals surface area contributed by atoms with Crippen molar-refractivity contribution in [2.45, 2.75) is 31.2 Å². The number of halogens is 6. The SMILES string of the molecule is O=C(Cc1ccccc1C(F)(F)F)NC(CC(F)(F)F)C(=O)O. The number of aliphatic carboxylic acids is 1. The normalized spacial score (nSPS) is 13.5. The lowest BCUT2D eigenvalue weighted by Gasteiger charge is -2.17. The summed E-state index contributed by atoms with van der Waals surface area (Å²) in [5.41, 5.74) is -1.58. The van der Waals surface area contributed by atoms with Crippen LogP contribution in [0, 0.1) is 0 Å². The molecule has 10 heteroatoms. The van der Waals surface area contributed by atoms with Gasteiger partial charge in [-0.2, -0.15) is 26.3 Å². The number of amides is 1. The molecule has 1 atom stereocenters. The number of carbonyl (C=O) groups is 2. The Morgan fingerprint density at radius 2 is 1.65 bits per heavy atom. The first-order chi connectivity index (χ1) is 10.4. The number of nitrogens with one attached hydrogen (secondary N) is 1. The van der Waals surface area contributed by atoms with Crippen molar-refractivity contribution in [3.05, 3.63) is 35.4 Å². The van der Waals surface area contributed by atoms with E-state index in [0.29, 0.717) is 6.07 Å². The third-order valence-corrected chi connectivity index (χ3v) is 2.74. The van der Waals surface area contributed by atoms with E-state index in [-0.39, 0.29) is 0 Å². The maximum atomic E-state index is 12.7. The van der Waals surface area contributed by atoms with Crippen LogP contribution in [0.25, 0.3) is 0 Å². The molecule has 4 nitrogen and oxygen atoms in total. The fraction of sp³-hybridized carbons (Fsp3) is 0.385. The van der Waals surface area contributed by atoms with Crippen LogP contribution >= 0.6 is 0 Å². The molecule has 1 rings (SSSR count). The molecule has 0 bridgehead atoms. The van der Waals surface area contributed by atoms with E-state index in [1.54, 1.807) is 5.32 Å². The number of hydrogen-bond donors (Lipinski definition) is 2. The van der Waals surface area contributed by atoms with Crippen LogP contribution in [0.5, 0.6) is 0 Å². The number of benzene rings is 1. The molecule has 2 N–H and O–H groups in total. The second kappa shape index (κ2) is 6.88. The molecule has 0 saturated carbocycles. The highest BCUT2D eigenvalue weighted by Gasteiger charge is 2.37. The van der Waals surface area contributed by atoms with E-state index >= 15 is 0 Å². The Kier molecular flexibility index (Phi) is 5.62. The van der Waals surface area contributed by atoms with Crippen LogP contribution < -0.4 is 5.32 Å². The largest absolute Gasteiger partial charge is 0.480 e. The van der Waals surface area contributed by atoms with E-state index in [9.17, 15) is 35.9 Å². The number of carboxylic acids is 1. The fourth-order valence-corrected chi connectivity index (χ4v) is 1.80. The van der Waals surface area contributed by atoms with Gasteiger partial charge in [-0.3, -0.25) is 4.79 Å². The first-order valence-corrected chi connectivity index (χ1v) is 6.14. The highest BCUT2D eigenvalue weighted by Crippen LogP contribution is 2.32. The average molecular weight is 343 g/mol. The van der Waals surface area contributed by atoms with E-state index in [4.69, 9.17) is 5.11 Å². The maximum Gasteiger partial charge on any atom is 0.416 e. The van der Waals surface area contributed by atoms with Crippen LogP contribution in [-0.2, 0) is 22.2 Å². The Morgan fingerprint density at radius 1 is 1.09 bits per heavy atom. The van der Waals surface area contributed by atoms with Crippen molar-refractivity contribution in [1.29, 1.82) is 0 Å². The highest BCUT2D eigenvalue weighted by molar-refractivity contribution is 5.85. The van der Waals surface area contributed by atoms with Crippen LogP contribution in [0.2, 0.25) is 0 Å². The Morgan fingerprint density at radius 3 is 2.13 bits per heavy atom. The van der Waals surface area contributed by atoms with Crippen molar-refractivity contribution >= 4 is 11.9 Å². The smallest absolute Gasteiger partial charge is 0.416 e. The van der Waals surface area contributed by atoms with Crippen molar-refractivity contribution in [3.8, 4) is 0 Å². The summed E-state index contributed by atoms with van der Waals surface area (Å²) in [5, 5.41) is 10.2. The minimum atomic E-state index is -4.85. The zero-order chi connectivity index (χ0) is 17.8. The van der Waals surface area contributed by atoms with Crippen molar-refractivity contribution < 1.29 is 41.0 Å². The summed E-state index contributed by atoms with van der Waals surface area (Å²) < 4.78 is 74.8. The molecular formula is C13H11F6NO3. The molecule has 1 aromatic rings. The summed E-state index contributed by atoms with van der Waals surface area (Å²) >= 11 is 0. The van der Waals surface area contributed by atoms with Crippen LogP contribution in [-0.4, -0.2) is 29.2 Å². The number of rotatable bonds is 5. The maximum absolute atomic E-state index is 12.7. The number of hydrogen-bond acceptors (Lipinski definition) is 2. The molecule has 0 aliphatic carbocycles. The minimum Gasteiger partial charge on any atom is -0.480 e. The summed E-state index contributed by atoms with van der Waals surface area (Å²) in [6.07, 6.45) is -12.3. The van der Waals surface area contributed by atoms with Crippen LogP contribution in [0.1, 0.15) is 17.5 Å². The van der Waals surface area contributed by atoms with Gasteiger partial charge >= 0.3 is 18.3 Å². The molecule has 0 radical (unpaired) electrons. The highest BCUT2D eigenvalue weighted by atomic mass is 19.4. The Labute approximate surface area is 126 Å². The van der Waals surface area contributed by atoms with Gasteiger partial charge in [0.1, 0.15) is 6.04 Å². The Balaban J connectivity index is 2.86. The van der Waals surface area contributed by atoms with E-state index in [1.165, 1.54) is 6.07 Å². The van der Waals surface area contributed by atoms with Crippen LogP contribution in [0.3, 0.4) is 0 Å². The zero-order valence-electron chi connectivity index (χ0n) is 11.3. The summed E-state index contributed by atoms with van der Waals surface area (Å²) in [6, 6.07) is 1.76. The molecule has 23 heavy (non-hydrogen) atoms. The standard InChI is InChI=1S/C13H11F6NO3/c14-12(15,16)6-9(11(22)23)20-10(21)5-7-3-1-2-4-8(7)13(17,18)19/h1-4,9H,5-6H2,(H,20,21)(H,22,23). The van der Waals surface area contributed by atoms with E-state index in [1.807, 2.05) is 0 Å². The summed E-state index contributed by atoms with van der Waals surface area (Å²) in [4.78, 5) is 22.3. The number of carbonyl (C=O) groups excluding carboxylic acids is 1. The van der Waals surface area contributed by atoms with Crippen molar-refractivity contribution in [1.82, 2.24) is 5.32 Å². The van der Waals surface area contributed by atoms with Gasteiger partial charge in [-0.15, -0.1) is 0 Å². The molecule has 1 aromatic carbocycles. The average Bonchev–Trinajstić information content (AvgIpc) is 2.35. The third kappa shape index (κ3) is 6.17. The monoisotopic (exact) mass is 343 g/mol. The zero-order valence-corrected chi connectivity index (χ0v) is 11.3. The van der Waals surface area contributed by atoms with Gasteiger partial charge in [0.25, 0.3) is 0 Å². The first kappa shape index (κ1) is 18.8. The van der Waals surface area contributed by atoms with Gasteiger partial charge in [0.15, 0.2) is 0 Å². The lowest BCUT2D eigenvalue weighted by Crippen LogP contribution is -2.44. The Bertz CT molecular complexity index is 582. The predicted octanol–water partition coefficient (Wildman–Crippen LogP) is 2.77. The van der Waals surface area contributed by atoms with Crippen molar-refractivity contribution in [3.63, 3.8) is 0 Å². The molecular weight excluding hydrogens is 332 g/mol. The lowest BCUT2D eigenvalue weighted by atomic mass is 10.0. The van der Waals surface area contributed by atoms with Gasteiger partial charge in [0, 0.05) is 0 Å². The lowest BCUT2D eigenvalue weighted by molar-refractivity contribution is -0.159. The first-order valence-electron chi connectivity index (χ1n) is 6.14. The molecule has 0 heterocycles. The quantitative estimate of drug-likeness (QED) is 0.808. The second-order valence-electron chi connectivity index (χ2n) is 4.61. The molecule has 0 aliphatic rings. The Hall–Kier alpha value is -2.26. The minimum absolute atomic E-state index is 0.464. The summed E-state index contributed by atoms with van der Waals surface area (Å²) in [7, 11) is 0. The molecule has 0 fully saturated rings. The van der Waals surface area contributed by atoms with E-state index in [0.717, 1.165) is 12.1 Å².